The second-order valence-corrected chi connectivity index (χ2v) is 10.3. The molecule has 1 aliphatic carbocycles. The second-order valence-electron chi connectivity index (χ2n) is 7.07. The summed E-state index contributed by atoms with van der Waals surface area (Å²) in [5.41, 5.74) is 2.43. The molecule has 8 heteroatoms. The normalized spacial score (nSPS) is 13.2. The molecule has 0 radical (unpaired) electrons. The van der Waals surface area contributed by atoms with Crippen molar-refractivity contribution in [1.29, 1.82) is 0 Å². The molecule has 2 aromatic rings. The molecule has 29 heavy (non-hydrogen) atoms. The number of hydrogen-bond donors (Lipinski definition) is 1. The first-order chi connectivity index (χ1) is 13.8. The molecule has 0 saturated carbocycles. The molecule has 1 amide bonds. The van der Waals surface area contributed by atoms with Gasteiger partial charge in [0.1, 0.15) is 5.00 Å². The Bertz CT molecular complexity index is 1010. The van der Waals surface area contributed by atoms with Gasteiger partial charge in [-0.25, -0.2) is 13.2 Å². The predicted octanol–water partition coefficient (Wildman–Crippen LogP) is 3.91. The van der Waals surface area contributed by atoms with E-state index in [0.717, 1.165) is 35.3 Å². The topological polar surface area (TPSA) is 89.5 Å². The molecule has 0 bridgehead atoms. The van der Waals surface area contributed by atoms with Gasteiger partial charge >= 0.3 is 5.97 Å². The molecule has 1 aromatic carbocycles. The van der Waals surface area contributed by atoms with Gasteiger partial charge in [0.2, 0.25) is 5.91 Å². The number of amides is 1. The number of ether oxygens (including phenoxy) is 1. The summed E-state index contributed by atoms with van der Waals surface area (Å²) in [6, 6.07) is 6.69. The van der Waals surface area contributed by atoms with Gasteiger partial charge in [0.05, 0.1) is 22.8 Å². The Balaban J connectivity index is 1.61. The Labute approximate surface area is 175 Å². The average molecular weight is 436 g/mol. The molecule has 0 saturated heterocycles. The van der Waals surface area contributed by atoms with Crippen LogP contribution in [-0.4, -0.2) is 32.7 Å². The fraction of sp³-hybridized carbons (Fsp3) is 0.429. The summed E-state index contributed by atoms with van der Waals surface area (Å²) in [6.45, 7) is 3.91. The Morgan fingerprint density at radius 1 is 1.17 bits per heavy atom. The highest BCUT2D eigenvalue weighted by atomic mass is 32.2. The maximum Gasteiger partial charge on any atom is 0.341 e. The van der Waals surface area contributed by atoms with Crippen molar-refractivity contribution in [2.75, 3.05) is 17.7 Å². The summed E-state index contributed by atoms with van der Waals surface area (Å²) in [5.74, 6) is -0.812. The van der Waals surface area contributed by atoms with E-state index >= 15 is 0 Å². The summed E-state index contributed by atoms with van der Waals surface area (Å²) in [4.78, 5) is 26.1. The number of sulfone groups is 1. The van der Waals surface area contributed by atoms with E-state index < -0.39 is 15.8 Å². The van der Waals surface area contributed by atoms with Crippen LogP contribution in [0.5, 0.6) is 0 Å². The highest BCUT2D eigenvalue weighted by Gasteiger charge is 2.28. The van der Waals surface area contributed by atoms with Crippen LogP contribution >= 0.6 is 11.3 Å². The molecule has 1 heterocycles. The third-order valence-electron chi connectivity index (χ3n) is 4.85. The molecule has 1 aromatic heterocycles. The Morgan fingerprint density at radius 2 is 1.90 bits per heavy atom. The predicted molar refractivity (Wildman–Crippen MR) is 113 cm³/mol. The number of benzene rings is 1. The lowest BCUT2D eigenvalue weighted by molar-refractivity contribution is -0.116. The van der Waals surface area contributed by atoms with Crippen LogP contribution in [0.15, 0.2) is 29.2 Å². The maximum atomic E-state index is 12.4. The number of anilines is 1. The van der Waals surface area contributed by atoms with Crippen molar-refractivity contribution in [3.8, 4) is 0 Å². The Morgan fingerprint density at radius 3 is 2.59 bits per heavy atom. The summed E-state index contributed by atoms with van der Waals surface area (Å²) in [7, 11) is -3.42. The Kier molecular flexibility index (Phi) is 6.74. The van der Waals surface area contributed by atoms with Gasteiger partial charge in [-0.2, -0.15) is 0 Å². The van der Waals surface area contributed by atoms with Crippen LogP contribution in [0.1, 0.15) is 52.5 Å². The quantitative estimate of drug-likeness (QED) is 0.635. The number of thiophene rings is 1. The highest BCUT2D eigenvalue weighted by Crippen LogP contribution is 2.39. The fourth-order valence-corrected chi connectivity index (χ4v) is 5.99. The van der Waals surface area contributed by atoms with Crippen LogP contribution in [0.4, 0.5) is 5.00 Å². The van der Waals surface area contributed by atoms with Crippen LogP contribution in [0.25, 0.3) is 0 Å². The van der Waals surface area contributed by atoms with Gasteiger partial charge in [0.25, 0.3) is 0 Å². The minimum absolute atomic E-state index is 0.0654. The molecule has 3 rings (SSSR count). The average Bonchev–Trinajstić information content (AvgIpc) is 3.22. The van der Waals surface area contributed by atoms with Crippen LogP contribution in [0, 0.1) is 6.92 Å². The van der Waals surface area contributed by atoms with Crippen molar-refractivity contribution in [1.82, 2.24) is 0 Å². The number of fused-ring (bicyclic) bond motifs is 1. The zero-order valence-corrected chi connectivity index (χ0v) is 18.2. The molecule has 0 fully saturated rings. The molecule has 6 nitrogen and oxygen atoms in total. The van der Waals surface area contributed by atoms with Gasteiger partial charge in [-0.1, -0.05) is 17.7 Å². The number of esters is 1. The summed E-state index contributed by atoms with van der Waals surface area (Å²) >= 11 is 1.42. The number of hydrogen-bond acceptors (Lipinski definition) is 6. The zero-order chi connectivity index (χ0) is 21.0. The van der Waals surface area contributed by atoms with Crippen molar-refractivity contribution in [3.63, 3.8) is 0 Å². The summed E-state index contributed by atoms with van der Waals surface area (Å²) in [5, 5.41) is 3.31. The molecular weight excluding hydrogens is 410 g/mol. The number of carbonyl (C=O) groups is 2. The van der Waals surface area contributed by atoms with Crippen molar-refractivity contribution in [2.45, 2.75) is 50.8 Å². The van der Waals surface area contributed by atoms with Crippen molar-refractivity contribution in [3.05, 3.63) is 45.8 Å². The molecule has 1 aliphatic rings. The van der Waals surface area contributed by atoms with Gasteiger partial charge in [-0.15, -0.1) is 11.3 Å². The smallest absolute Gasteiger partial charge is 0.341 e. The van der Waals surface area contributed by atoms with Gasteiger partial charge in [-0.05, 0) is 57.2 Å². The maximum absolute atomic E-state index is 12.4. The van der Waals surface area contributed by atoms with Crippen molar-refractivity contribution in [2.24, 2.45) is 0 Å². The van der Waals surface area contributed by atoms with Gasteiger partial charge < -0.3 is 10.1 Å². The van der Waals surface area contributed by atoms with Gasteiger partial charge in [0, 0.05) is 11.3 Å². The van der Waals surface area contributed by atoms with Gasteiger partial charge in [-0.3, -0.25) is 4.79 Å². The molecular formula is C21H25NO5S2. The van der Waals surface area contributed by atoms with Crippen molar-refractivity contribution >= 4 is 38.1 Å². The number of rotatable bonds is 8. The van der Waals surface area contributed by atoms with Crippen LogP contribution in [0.2, 0.25) is 0 Å². The molecule has 0 spiro atoms. The molecule has 0 unspecified atom stereocenters. The van der Waals surface area contributed by atoms with Crippen molar-refractivity contribution < 1.29 is 22.7 Å². The van der Waals surface area contributed by atoms with Gasteiger partial charge in [0.15, 0.2) is 9.84 Å². The number of nitrogens with one attached hydrogen (secondary N) is 1. The van der Waals surface area contributed by atoms with E-state index in [-0.39, 0.29) is 36.0 Å². The molecule has 1 N–H and O–H groups in total. The first-order valence-corrected chi connectivity index (χ1v) is 12.2. The molecule has 0 aliphatic heterocycles. The van der Waals surface area contributed by atoms with E-state index in [1.807, 2.05) is 6.92 Å². The highest BCUT2D eigenvalue weighted by molar-refractivity contribution is 7.91. The zero-order valence-electron chi connectivity index (χ0n) is 16.6. The van der Waals surface area contributed by atoms with E-state index in [2.05, 4.69) is 5.32 Å². The third kappa shape index (κ3) is 5.05. The fourth-order valence-electron chi connectivity index (χ4n) is 3.39. The monoisotopic (exact) mass is 435 g/mol. The molecule has 0 atom stereocenters. The number of carbonyl (C=O) groups excluding carboxylic acids is 2. The second kappa shape index (κ2) is 9.09. The first-order valence-electron chi connectivity index (χ1n) is 9.72. The lowest BCUT2D eigenvalue weighted by atomic mass is 10.1. The summed E-state index contributed by atoms with van der Waals surface area (Å²) in [6.07, 6.45) is 2.98. The minimum Gasteiger partial charge on any atom is -0.462 e. The van der Waals surface area contributed by atoms with Crippen LogP contribution < -0.4 is 5.32 Å². The lowest BCUT2D eigenvalue weighted by Gasteiger charge is -2.08. The van der Waals surface area contributed by atoms with Crippen LogP contribution in [0.3, 0.4) is 0 Å². The standard InChI is InChI=1S/C21H25NO5S2/c1-3-27-21(24)19-16-6-4-7-17(16)28-20(19)22-18(23)8-5-13-29(25,26)15-11-9-14(2)10-12-15/h9-12H,3-8,13H2,1-2H3,(H,22,23). The summed E-state index contributed by atoms with van der Waals surface area (Å²) < 4.78 is 30.0. The lowest BCUT2D eigenvalue weighted by Crippen LogP contribution is -2.16. The molecule has 156 valence electrons. The van der Waals surface area contributed by atoms with E-state index in [1.165, 1.54) is 11.3 Å². The van der Waals surface area contributed by atoms with E-state index in [9.17, 15) is 18.0 Å². The number of aryl methyl sites for hydroxylation is 2. The first kappa shape index (κ1) is 21.5. The third-order valence-corrected chi connectivity index (χ3v) is 7.87. The SMILES string of the molecule is CCOC(=O)c1c(NC(=O)CCCS(=O)(=O)c2ccc(C)cc2)sc2c1CCC2. The van der Waals surface area contributed by atoms with Crippen LogP contribution in [-0.2, 0) is 32.2 Å². The minimum atomic E-state index is -3.42. The largest absolute Gasteiger partial charge is 0.462 e. The van der Waals surface area contributed by atoms with E-state index in [1.54, 1.807) is 31.2 Å². The Hall–Kier alpha value is -2.19. The van der Waals surface area contributed by atoms with E-state index in [4.69, 9.17) is 4.74 Å². The van der Waals surface area contributed by atoms with E-state index in [0.29, 0.717) is 10.6 Å².